The van der Waals surface area contributed by atoms with E-state index in [0.717, 1.165) is 15.8 Å². The van der Waals surface area contributed by atoms with Crippen LogP contribution in [0.3, 0.4) is 0 Å². The number of ether oxygens (including phenoxy) is 1. The van der Waals surface area contributed by atoms with E-state index in [1.807, 2.05) is 18.2 Å². The monoisotopic (exact) mass is 305 g/mol. The molecule has 0 radical (unpaired) electrons. The third-order valence-electron chi connectivity index (χ3n) is 3.46. The van der Waals surface area contributed by atoms with Crippen molar-refractivity contribution in [2.24, 2.45) is 0 Å². The third kappa shape index (κ3) is 2.40. The number of amides is 2. The summed E-state index contributed by atoms with van der Waals surface area (Å²) in [7, 11) is 1.59. The van der Waals surface area contributed by atoms with E-state index >= 15 is 0 Å². The molecule has 1 aromatic heterocycles. The molecule has 0 unspecified atom stereocenters. The molecule has 3 rings (SSSR count). The van der Waals surface area contributed by atoms with Gasteiger partial charge in [0.25, 0.3) is 5.91 Å². The minimum atomic E-state index is -0.192. The smallest absolute Gasteiger partial charge is 0.266 e. The maximum absolute atomic E-state index is 12.5. The number of piperazine rings is 1. The zero-order valence-corrected chi connectivity index (χ0v) is 12.3. The molecule has 1 aromatic carbocycles. The van der Waals surface area contributed by atoms with Crippen LogP contribution >= 0.6 is 11.3 Å². The van der Waals surface area contributed by atoms with Crippen LogP contribution in [0.15, 0.2) is 18.2 Å². The Labute approximate surface area is 125 Å². The number of methoxy groups -OCH3 is 1. The van der Waals surface area contributed by atoms with Gasteiger partial charge in [-0.25, -0.2) is 0 Å². The molecule has 1 fully saturated rings. The van der Waals surface area contributed by atoms with Crippen LogP contribution in [0, 0.1) is 0 Å². The normalized spacial score (nSPS) is 15.1. The number of nitrogen functional groups attached to an aromatic ring is 1. The number of carbonyl (C=O) groups excluding carboxylic acids is 2. The lowest BCUT2D eigenvalue weighted by atomic mass is 10.2. The molecule has 6 nitrogen and oxygen atoms in total. The van der Waals surface area contributed by atoms with Crippen molar-refractivity contribution in [3.63, 3.8) is 0 Å². The van der Waals surface area contributed by atoms with Crippen molar-refractivity contribution in [2.45, 2.75) is 0 Å². The second-order valence-electron chi connectivity index (χ2n) is 4.78. The summed E-state index contributed by atoms with van der Waals surface area (Å²) < 4.78 is 6.08. The molecule has 21 heavy (non-hydrogen) atoms. The summed E-state index contributed by atoms with van der Waals surface area (Å²) in [4.78, 5) is 25.9. The van der Waals surface area contributed by atoms with Crippen LogP contribution in [-0.2, 0) is 4.79 Å². The van der Waals surface area contributed by atoms with Crippen LogP contribution in [0.2, 0.25) is 0 Å². The van der Waals surface area contributed by atoms with Gasteiger partial charge in [-0.3, -0.25) is 9.59 Å². The molecule has 0 saturated carbocycles. The van der Waals surface area contributed by atoms with E-state index in [0.29, 0.717) is 23.7 Å². The highest BCUT2D eigenvalue weighted by atomic mass is 32.1. The van der Waals surface area contributed by atoms with Crippen LogP contribution < -0.4 is 15.8 Å². The fraction of sp³-hybridized carbons (Fsp3) is 0.286. The summed E-state index contributed by atoms with van der Waals surface area (Å²) >= 11 is 1.33. The van der Waals surface area contributed by atoms with E-state index in [1.54, 1.807) is 7.11 Å². The van der Waals surface area contributed by atoms with Gasteiger partial charge in [-0.05, 0) is 18.2 Å². The van der Waals surface area contributed by atoms with Crippen molar-refractivity contribution in [3.05, 3.63) is 23.1 Å². The quantitative estimate of drug-likeness (QED) is 0.869. The topological polar surface area (TPSA) is 84.7 Å². The standard InChI is InChI=1S/C14H15N3O3S/c1-20-8-2-3-9-10(6-8)21-13(12(9)15)14(19)17-5-4-16-11(18)7-17/h2-3,6H,4-5,7,15H2,1H3,(H,16,18). The molecule has 110 valence electrons. The lowest BCUT2D eigenvalue weighted by molar-refractivity contribution is -0.123. The molecular formula is C14H15N3O3S. The Hall–Kier alpha value is -2.28. The Morgan fingerprint density at radius 1 is 1.48 bits per heavy atom. The van der Waals surface area contributed by atoms with Gasteiger partial charge in [-0.2, -0.15) is 0 Å². The first-order valence-electron chi connectivity index (χ1n) is 6.52. The summed E-state index contributed by atoms with van der Waals surface area (Å²) in [5, 5.41) is 3.54. The minimum Gasteiger partial charge on any atom is -0.497 e. The van der Waals surface area contributed by atoms with Crippen molar-refractivity contribution in [1.29, 1.82) is 0 Å². The first kappa shape index (κ1) is 13.7. The SMILES string of the molecule is COc1ccc2c(N)c(C(=O)N3CCNC(=O)C3)sc2c1. The lowest BCUT2D eigenvalue weighted by Crippen LogP contribution is -2.49. The number of anilines is 1. The average molecular weight is 305 g/mol. The van der Waals surface area contributed by atoms with Crippen LogP contribution in [0.25, 0.3) is 10.1 Å². The van der Waals surface area contributed by atoms with Crippen molar-refractivity contribution < 1.29 is 14.3 Å². The number of nitrogens with one attached hydrogen (secondary N) is 1. The Kier molecular flexibility index (Phi) is 3.42. The first-order valence-corrected chi connectivity index (χ1v) is 7.34. The Morgan fingerprint density at radius 3 is 3.00 bits per heavy atom. The number of thiophene rings is 1. The fourth-order valence-electron chi connectivity index (χ4n) is 2.34. The van der Waals surface area contributed by atoms with Crippen LogP contribution in [0.1, 0.15) is 9.67 Å². The van der Waals surface area contributed by atoms with Crippen molar-refractivity contribution in [1.82, 2.24) is 10.2 Å². The predicted molar refractivity (Wildman–Crippen MR) is 81.7 cm³/mol. The molecule has 2 heterocycles. The van der Waals surface area contributed by atoms with Crippen LogP contribution in [0.5, 0.6) is 5.75 Å². The van der Waals surface area contributed by atoms with Gasteiger partial charge in [0, 0.05) is 23.2 Å². The zero-order valence-electron chi connectivity index (χ0n) is 11.5. The van der Waals surface area contributed by atoms with Gasteiger partial charge in [0.15, 0.2) is 0 Å². The largest absolute Gasteiger partial charge is 0.497 e. The lowest BCUT2D eigenvalue weighted by Gasteiger charge is -2.26. The highest BCUT2D eigenvalue weighted by molar-refractivity contribution is 7.21. The van der Waals surface area contributed by atoms with Crippen molar-refractivity contribution >= 4 is 38.9 Å². The molecule has 0 spiro atoms. The summed E-state index contributed by atoms with van der Waals surface area (Å²) in [6, 6.07) is 5.52. The molecule has 0 atom stereocenters. The molecular weight excluding hydrogens is 290 g/mol. The maximum atomic E-state index is 12.5. The summed E-state index contributed by atoms with van der Waals surface area (Å²) in [6.07, 6.45) is 0. The highest BCUT2D eigenvalue weighted by Crippen LogP contribution is 2.36. The average Bonchev–Trinajstić information content (AvgIpc) is 2.83. The molecule has 0 bridgehead atoms. The van der Waals surface area contributed by atoms with E-state index in [2.05, 4.69) is 5.32 Å². The van der Waals surface area contributed by atoms with Gasteiger partial charge in [0.2, 0.25) is 5.91 Å². The molecule has 1 aliphatic rings. The number of carbonyl (C=O) groups is 2. The fourth-order valence-corrected chi connectivity index (χ4v) is 3.46. The number of rotatable bonds is 2. The van der Waals surface area contributed by atoms with E-state index in [1.165, 1.54) is 16.2 Å². The van der Waals surface area contributed by atoms with E-state index in [-0.39, 0.29) is 18.4 Å². The first-order chi connectivity index (χ1) is 10.1. The molecule has 1 aliphatic heterocycles. The highest BCUT2D eigenvalue weighted by Gasteiger charge is 2.26. The number of fused-ring (bicyclic) bond motifs is 1. The Bertz CT molecular complexity index is 726. The Balaban J connectivity index is 1.97. The molecule has 3 N–H and O–H groups in total. The van der Waals surface area contributed by atoms with Gasteiger partial charge in [0.1, 0.15) is 10.6 Å². The second-order valence-corrected chi connectivity index (χ2v) is 5.84. The number of nitrogens with two attached hydrogens (primary N) is 1. The molecule has 2 aromatic rings. The van der Waals surface area contributed by atoms with Crippen molar-refractivity contribution in [2.75, 3.05) is 32.5 Å². The van der Waals surface area contributed by atoms with Crippen molar-refractivity contribution in [3.8, 4) is 5.75 Å². The van der Waals surface area contributed by atoms with Gasteiger partial charge in [-0.15, -0.1) is 11.3 Å². The zero-order chi connectivity index (χ0) is 15.0. The van der Waals surface area contributed by atoms with Crippen LogP contribution in [-0.4, -0.2) is 43.5 Å². The minimum absolute atomic E-state index is 0.0792. The number of hydrogen-bond donors (Lipinski definition) is 2. The van der Waals surface area contributed by atoms with Gasteiger partial charge in [0.05, 0.1) is 19.3 Å². The summed E-state index contributed by atoms with van der Waals surface area (Å²) in [6.45, 7) is 1.06. The third-order valence-corrected chi connectivity index (χ3v) is 4.61. The van der Waals surface area contributed by atoms with E-state index in [4.69, 9.17) is 10.5 Å². The molecule has 2 amide bonds. The van der Waals surface area contributed by atoms with E-state index < -0.39 is 0 Å². The number of benzene rings is 1. The Morgan fingerprint density at radius 2 is 2.29 bits per heavy atom. The molecule has 0 aliphatic carbocycles. The summed E-state index contributed by atoms with van der Waals surface area (Å²) in [5.74, 6) is 0.388. The van der Waals surface area contributed by atoms with Crippen LogP contribution in [0.4, 0.5) is 5.69 Å². The molecule has 1 saturated heterocycles. The second kappa shape index (κ2) is 5.25. The predicted octanol–water partition coefficient (Wildman–Crippen LogP) is 1.06. The van der Waals surface area contributed by atoms with Gasteiger partial charge in [-0.1, -0.05) is 0 Å². The summed E-state index contributed by atoms with van der Waals surface area (Å²) in [5.41, 5.74) is 6.56. The number of nitrogens with zero attached hydrogens (tertiary/aromatic N) is 1. The molecule has 7 heteroatoms. The maximum Gasteiger partial charge on any atom is 0.266 e. The van der Waals surface area contributed by atoms with E-state index in [9.17, 15) is 9.59 Å². The number of hydrogen-bond acceptors (Lipinski definition) is 5. The van der Waals surface area contributed by atoms with Gasteiger partial charge < -0.3 is 20.7 Å². The van der Waals surface area contributed by atoms with Gasteiger partial charge >= 0.3 is 0 Å².